The van der Waals surface area contributed by atoms with Gasteiger partial charge in [0.05, 0.1) is 6.61 Å². The van der Waals surface area contributed by atoms with E-state index in [1.807, 2.05) is 53.1 Å². The maximum Gasteiger partial charge on any atom is 0.195 e. The molecule has 2 N–H and O–H groups in total. The van der Waals surface area contributed by atoms with Gasteiger partial charge < -0.3 is 20.1 Å². The lowest BCUT2D eigenvalue weighted by Gasteiger charge is -2.13. The Bertz CT molecular complexity index is 946. The summed E-state index contributed by atoms with van der Waals surface area (Å²) < 4.78 is 12.8. The van der Waals surface area contributed by atoms with E-state index in [1.54, 1.807) is 7.11 Å². The van der Waals surface area contributed by atoms with Crippen molar-refractivity contribution >= 4 is 41.3 Å². The quantitative estimate of drug-likeness (QED) is 0.167. The predicted octanol–water partition coefficient (Wildman–Crippen LogP) is 3.77. The number of halogens is 1. The number of anilines is 1. The maximum atomic E-state index is 5.77. The normalized spacial score (nSPS) is 11.2. The van der Waals surface area contributed by atoms with E-state index in [0.717, 1.165) is 54.7 Å². The van der Waals surface area contributed by atoms with Crippen LogP contribution < -0.4 is 15.4 Å². The van der Waals surface area contributed by atoms with E-state index in [4.69, 9.17) is 9.47 Å². The smallest absolute Gasteiger partial charge is 0.195 e. The van der Waals surface area contributed by atoms with Crippen LogP contribution in [0.1, 0.15) is 25.6 Å². The summed E-state index contributed by atoms with van der Waals surface area (Å²) in [6.45, 7) is 4.84. The number of hydrogen-bond acceptors (Lipinski definition) is 5. The van der Waals surface area contributed by atoms with E-state index in [9.17, 15) is 0 Å². The number of fused-ring (bicyclic) bond motifs is 1. The Kier molecular flexibility index (Phi) is 11.1. The molecule has 168 valence electrons. The van der Waals surface area contributed by atoms with E-state index >= 15 is 0 Å². The Hall–Kier alpha value is -2.40. The van der Waals surface area contributed by atoms with Crippen LogP contribution >= 0.6 is 24.0 Å². The molecule has 2 aromatic heterocycles. The molecule has 0 saturated carbocycles. The van der Waals surface area contributed by atoms with Crippen LogP contribution in [0, 0.1) is 0 Å². The first kappa shape index (κ1) is 24.9. The minimum atomic E-state index is 0. The van der Waals surface area contributed by atoms with Crippen LogP contribution in [0.3, 0.4) is 0 Å². The minimum Gasteiger partial charge on any atom is -0.493 e. The highest BCUT2D eigenvalue weighted by molar-refractivity contribution is 14.0. The van der Waals surface area contributed by atoms with E-state index in [1.165, 1.54) is 0 Å². The first-order valence-electron chi connectivity index (χ1n) is 10.4. The minimum absolute atomic E-state index is 0. The largest absolute Gasteiger partial charge is 0.493 e. The lowest BCUT2D eigenvalue weighted by Crippen LogP contribution is -2.30. The molecule has 0 unspecified atom stereocenters. The van der Waals surface area contributed by atoms with Gasteiger partial charge in [0.15, 0.2) is 11.6 Å². The van der Waals surface area contributed by atoms with Gasteiger partial charge in [-0.15, -0.1) is 34.2 Å². The van der Waals surface area contributed by atoms with Crippen LogP contribution in [0.25, 0.3) is 5.65 Å². The monoisotopic (exact) mass is 538 g/mol. The molecule has 0 bridgehead atoms. The molecule has 2 heterocycles. The van der Waals surface area contributed by atoms with Crippen molar-refractivity contribution in [3.05, 3.63) is 54.5 Å². The molecule has 3 rings (SSSR count). The van der Waals surface area contributed by atoms with Gasteiger partial charge in [-0.3, -0.25) is 9.39 Å². The van der Waals surface area contributed by atoms with Crippen molar-refractivity contribution < 1.29 is 9.47 Å². The molecule has 0 fully saturated rings. The first-order valence-corrected chi connectivity index (χ1v) is 10.4. The predicted molar refractivity (Wildman–Crippen MR) is 135 cm³/mol. The van der Waals surface area contributed by atoms with E-state index < -0.39 is 0 Å². The van der Waals surface area contributed by atoms with Gasteiger partial charge in [0.2, 0.25) is 0 Å². The van der Waals surface area contributed by atoms with E-state index in [0.29, 0.717) is 19.8 Å². The second-order valence-electron chi connectivity index (χ2n) is 6.76. The van der Waals surface area contributed by atoms with Gasteiger partial charge in [-0.2, -0.15) is 0 Å². The molecule has 0 amide bonds. The zero-order valence-corrected chi connectivity index (χ0v) is 20.4. The highest BCUT2D eigenvalue weighted by Crippen LogP contribution is 2.17. The zero-order chi connectivity index (χ0) is 21.0. The van der Waals surface area contributed by atoms with E-state index in [2.05, 4.69) is 32.7 Å². The second kappa shape index (κ2) is 13.8. The fourth-order valence-corrected chi connectivity index (χ4v) is 2.99. The molecule has 8 nitrogen and oxygen atoms in total. The SMILES string of the molecule is CCNC(=NCCCc1nnc2ccccn12)Nc1cccc(OCCCOC)c1.I. The summed E-state index contributed by atoms with van der Waals surface area (Å²) in [5.41, 5.74) is 1.80. The van der Waals surface area contributed by atoms with Gasteiger partial charge in [0.1, 0.15) is 11.6 Å². The van der Waals surface area contributed by atoms with Crippen LogP contribution in [0.15, 0.2) is 53.7 Å². The van der Waals surface area contributed by atoms with Crippen LogP contribution in [0.5, 0.6) is 5.75 Å². The van der Waals surface area contributed by atoms with Crippen LogP contribution in [-0.4, -0.2) is 54.0 Å². The molecule has 31 heavy (non-hydrogen) atoms. The van der Waals surface area contributed by atoms with Gasteiger partial charge in [0.25, 0.3) is 0 Å². The molecule has 0 saturated heterocycles. The van der Waals surface area contributed by atoms with Crippen molar-refractivity contribution in [1.29, 1.82) is 0 Å². The Morgan fingerprint density at radius 2 is 2.00 bits per heavy atom. The molecule has 0 spiro atoms. The lowest BCUT2D eigenvalue weighted by atomic mass is 10.3. The molecule has 1 aromatic carbocycles. The molecule has 0 aliphatic carbocycles. The molecule has 3 aromatic rings. The molecular weight excluding hydrogens is 507 g/mol. The summed E-state index contributed by atoms with van der Waals surface area (Å²) in [7, 11) is 1.69. The lowest BCUT2D eigenvalue weighted by molar-refractivity contribution is 0.172. The Labute approximate surface area is 200 Å². The van der Waals surface area contributed by atoms with Crippen molar-refractivity contribution in [3.8, 4) is 5.75 Å². The van der Waals surface area contributed by atoms with Crippen molar-refractivity contribution in [2.75, 3.05) is 38.7 Å². The van der Waals surface area contributed by atoms with Crippen molar-refractivity contribution in [3.63, 3.8) is 0 Å². The Balaban J connectivity index is 0.00000341. The van der Waals surface area contributed by atoms with Crippen LogP contribution in [-0.2, 0) is 11.2 Å². The number of benzene rings is 1. The number of aryl methyl sites for hydroxylation is 1. The van der Waals surface area contributed by atoms with Gasteiger partial charge in [-0.05, 0) is 37.6 Å². The topological polar surface area (TPSA) is 85.1 Å². The number of nitrogens with zero attached hydrogens (tertiary/aromatic N) is 4. The molecule has 0 radical (unpaired) electrons. The fraction of sp³-hybridized carbons (Fsp3) is 0.409. The summed E-state index contributed by atoms with van der Waals surface area (Å²) in [5, 5.41) is 15.1. The van der Waals surface area contributed by atoms with E-state index in [-0.39, 0.29) is 24.0 Å². The van der Waals surface area contributed by atoms with Crippen molar-refractivity contribution in [1.82, 2.24) is 19.9 Å². The van der Waals surface area contributed by atoms with Gasteiger partial charge in [-0.1, -0.05) is 12.1 Å². The number of hydrogen-bond donors (Lipinski definition) is 2. The molecule has 0 aliphatic heterocycles. The molecular formula is C22H31IN6O2. The number of rotatable bonds is 11. The number of pyridine rings is 1. The Morgan fingerprint density at radius 3 is 2.84 bits per heavy atom. The number of guanidine groups is 1. The number of nitrogens with one attached hydrogen (secondary N) is 2. The Morgan fingerprint density at radius 1 is 1.10 bits per heavy atom. The van der Waals surface area contributed by atoms with Gasteiger partial charge in [-0.25, -0.2) is 0 Å². The van der Waals surface area contributed by atoms with Gasteiger partial charge >= 0.3 is 0 Å². The third-order valence-electron chi connectivity index (χ3n) is 4.42. The average molecular weight is 538 g/mol. The second-order valence-corrected chi connectivity index (χ2v) is 6.76. The number of methoxy groups -OCH3 is 1. The molecule has 0 aliphatic rings. The number of aromatic nitrogens is 3. The summed E-state index contributed by atoms with van der Waals surface area (Å²) in [4.78, 5) is 4.68. The molecule has 0 atom stereocenters. The number of ether oxygens (including phenoxy) is 2. The van der Waals surface area contributed by atoms with Gasteiger partial charge in [0, 0.05) is 57.6 Å². The summed E-state index contributed by atoms with van der Waals surface area (Å²) >= 11 is 0. The summed E-state index contributed by atoms with van der Waals surface area (Å²) in [6, 6.07) is 13.8. The van der Waals surface area contributed by atoms with Crippen molar-refractivity contribution in [2.45, 2.75) is 26.2 Å². The molecule has 9 heteroatoms. The summed E-state index contributed by atoms with van der Waals surface area (Å²) in [5.74, 6) is 2.53. The number of aliphatic imine (C=N–C) groups is 1. The highest BCUT2D eigenvalue weighted by Gasteiger charge is 2.05. The zero-order valence-electron chi connectivity index (χ0n) is 18.1. The van der Waals surface area contributed by atoms with Crippen LogP contribution in [0.4, 0.5) is 5.69 Å². The van der Waals surface area contributed by atoms with Crippen LogP contribution in [0.2, 0.25) is 0 Å². The standard InChI is InChI=1S/C22H30N6O2.HI/c1-3-23-22(25-18-9-6-10-19(17-18)30-16-8-15-29-2)24-13-7-12-21-27-26-20-11-4-5-14-28(20)21;/h4-6,9-11,14,17H,3,7-8,12-13,15-16H2,1-2H3,(H2,23,24,25);1H. The maximum absolute atomic E-state index is 5.77. The van der Waals surface area contributed by atoms with Crippen molar-refractivity contribution in [2.24, 2.45) is 4.99 Å². The fourth-order valence-electron chi connectivity index (χ4n) is 2.99. The average Bonchev–Trinajstić information content (AvgIpc) is 3.18. The highest BCUT2D eigenvalue weighted by atomic mass is 127. The third-order valence-corrected chi connectivity index (χ3v) is 4.42. The first-order chi connectivity index (χ1) is 14.8. The third kappa shape index (κ3) is 7.98. The summed E-state index contributed by atoms with van der Waals surface area (Å²) in [6.07, 6.45) is 4.55.